The Balaban J connectivity index is 0.745. The third-order valence-electron chi connectivity index (χ3n) is 13.5. The maximum Gasteiger partial charge on any atom is 0.272 e. The number of fused-ring (bicyclic) bond motifs is 2. The van der Waals surface area contributed by atoms with E-state index >= 15 is 4.39 Å². The van der Waals surface area contributed by atoms with Gasteiger partial charge in [0.25, 0.3) is 17.7 Å². The number of carbonyl (C=O) groups excluding carboxylic acids is 5. The lowest BCUT2D eigenvalue weighted by atomic mass is 9.49. The number of rotatable bonds is 9. The molecule has 6 heterocycles. The van der Waals surface area contributed by atoms with E-state index in [1.54, 1.807) is 24.3 Å². The predicted octanol–water partition coefficient (Wildman–Crippen LogP) is 3.66. The summed E-state index contributed by atoms with van der Waals surface area (Å²) in [6.07, 6.45) is -0.181. The van der Waals surface area contributed by atoms with Crippen LogP contribution in [0.5, 0.6) is 5.75 Å². The molecule has 3 unspecified atom stereocenters. The third-order valence-corrected chi connectivity index (χ3v) is 13.8. The summed E-state index contributed by atoms with van der Waals surface area (Å²) in [5.74, 6) is -0.920. The van der Waals surface area contributed by atoms with Gasteiger partial charge in [0.2, 0.25) is 11.8 Å². The minimum Gasteiger partial charge on any atom is -0.489 e. The zero-order valence-corrected chi connectivity index (χ0v) is 34.5. The minimum atomic E-state index is -1.10. The first kappa shape index (κ1) is 39.8. The van der Waals surface area contributed by atoms with Crippen molar-refractivity contribution < 1.29 is 33.1 Å². The summed E-state index contributed by atoms with van der Waals surface area (Å²) < 4.78 is 21.7. The maximum absolute atomic E-state index is 15.4. The molecule has 1 aliphatic carbocycles. The van der Waals surface area contributed by atoms with Crippen LogP contribution in [0.1, 0.15) is 77.3 Å². The van der Waals surface area contributed by atoms with E-state index in [1.807, 2.05) is 38.7 Å². The molecule has 5 fully saturated rings. The monoisotopic (exact) mass is 837 g/mol. The highest BCUT2D eigenvalue weighted by molar-refractivity contribution is 6.31. The number of carbonyl (C=O) groups is 5. The summed E-state index contributed by atoms with van der Waals surface area (Å²) in [5.41, 5.74) is 0.0462. The number of imide groups is 2. The number of amides is 5. The topological polar surface area (TPSA) is 181 Å². The molecule has 0 bridgehead atoms. The number of likely N-dealkylation sites (tertiary alicyclic amines) is 1. The fourth-order valence-corrected chi connectivity index (χ4v) is 11.0. The molecule has 2 aromatic carbocycles. The molecule has 15 nitrogen and oxygen atoms in total. The van der Waals surface area contributed by atoms with E-state index in [0.29, 0.717) is 47.2 Å². The Labute approximate surface area is 351 Å². The van der Waals surface area contributed by atoms with Gasteiger partial charge in [-0.25, -0.2) is 4.39 Å². The summed E-state index contributed by atoms with van der Waals surface area (Å²) in [7, 11) is 0. The second kappa shape index (κ2) is 14.5. The molecule has 0 spiro atoms. The Kier molecular flexibility index (Phi) is 9.62. The van der Waals surface area contributed by atoms with Gasteiger partial charge in [-0.1, -0.05) is 39.3 Å². The Bertz CT molecular complexity index is 2350. The molecule has 5 aliphatic heterocycles. The first-order chi connectivity index (χ1) is 28.5. The van der Waals surface area contributed by atoms with Gasteiger partial charge in [-0.3, -0.25) is 34.2 Å². The summed E-state index contributed by atoms with van der Waals surface area (Å²) in [5, 5.41) is 23.7. The molecular formula is C43H45ClFN9O6. The van der Waals surface area contributed by atoms with Gasteiger partial charge in [0.1, 0.15) is 29.8 Å². The second-order valence-corrected chi connectivity index (χ2v) is 18.7. The average molecular weight is 838 g/mol. The third kappa shape index (κ3) is 6.62. The fraction of sp³-hybridized carbons (Fsp3) is 0.488. The molecule has 0 radical (unpaired) electrons. The molecule has 1 saturated carbocycles. The van der Waals surface area contributed by atoms with Gasteiger partial charge >= 0.3 is 0 Å². The number of aromatic nitrogens is 2. The highest BCUT2D eigenvalue weighted by atomic mass is 35.5. The van der Waals surface area contributed by atoms with Crippen LogP contribution in [0.2, 0.25) is 5.02 Å². The van der Waals surface area contributed by atoms with E-state index in [9.17, 15) is 29.2 Å². The lowest BCUT2D eigenvalue weighted by Crippen LogP contribution is -2.74. The van der Waals surface area contributed by atoms with Crippen LogP contribution in [0.3, 0.4) is 0 Å². The highest BCUT2D eigenvalue weighted by Crippen LogP contribution is 2.55. The lowest BCUT2D eigenvalue weighted by molar-refractivity contribution is -0.164. The van der Waals surface area contributed by atoms with Crippen molar-refractivity contribution in [1.82, 2.24) is 30.6 Å². The fourth-order valence-electron chi connectivity index (χ4n) is 10.8. The van der Waals surface area contributed by atoms with Gasteiger partial charge < -0.3 is 24.8 Å². The number of nitrogens with zero attached hydrogens (tertiary/aromatic N) is 7. The van der Waals surface area contributed by atoms with E-state index in [4.69, 9.17) is 16.3 Å². The zero-order chi connectivity index (χ0) is 42.4. The van der Waals surface area contributed by atoms with Crippen LogP contribution in [0.15, 0.2) is 42.5 Å². The number of nitrogens with one attached hydrogen (secondary N) is 2. The zero-order valence-electron chi connectivity index (χ0n) is 33.7. The van der Waals surface area contributed by atoms with E-state index in [2.05, 4.69) is 36.7 Å². The molecule has 2 N–H and O–H groups in total. The van der Waals surface area contributed by atoms with Crippen molar-refractivity contribution >= 4 is 52.6 Å². The van der Waals surface area contributed by atoms with Crippen LogP contribution >= 0.6 is 11.6 Å². The summed E-state index contributed by atoms with van der Waals surface area (Å²) in [6.45, 7) is 13.8. The van der Waals surface area contributed by atoms with Crippen LogP contribution in [-0.2, 0) is 9.59 Å². The van der Waals surface area contributed by atoms with Gasteiger partial charge in [0, 0.05) is 81.1 Å². The number of benzene rings is 2. The van der Waals surface area contributed by atoms with Crippen molar-refractivity contribution in [3.8, 4) is 11.8 Å². The first-order valence-electron chi connectivity index (χ1n) is 20.3. The number of hydrogen-bond donors (Lipinski definition) is 2. The standard InChI is InChI=1S/C43H45ClFN9O6/c1-42(2)40(43(3,4)41(42)60-26-6-5-23(14-46)29(44)11-26)48-36(56)31-7-9-34(50-49-31)53-20-24-18-51(19-25(24)21-53)15-22-16-52(17-22)33-13-28-27(12-30(33)45)38(58)54(39(28)59)32-8-10-35(55)47-37(32)57/h5-7,9,11-13,22,24-25,32,40-41H,8,10,15-21H2,1-4H3,(H,48,56)(H,47,55,57)/t24?,25?,32?,40-,41-. The average Bonchev–Trinajstić information content (AvgIpc) is 3.83. The normalized spacial score (nSPS) is 26.9. The number of ether oxygens (including phenoxy) is 1. The first-order valence-corrected chi connectivity index (χ1v) is 20.7. The molecule has 17 heteroatoms. The van der Waals surface area contributed by atoms with Gasteiger partial charge in [-0.2, -0.15) is 5.26 Å². The van der Waals surface area contributed by atoms with Crippen molar-refractivity contribution in [2.75, 3.05) is 55.6 Å². The summed E-state index contributed by atoms with van der Waals surface area (Å²) in [4.78, 5) is 71.2. The molecule has 60 heavy (non-hydrogen) atoms. The number of halogens is 2. The Morgan fingerprint density at radius 2 is 1.62 bits per heavy atom. The van der Waals surface area contributed by atoms with Gasteiger partial charge in [0.05, 0.1) is 27.4 Å². The van der Waals surface area contributed by atoms with E-state index in [-0.39, 0.29) is 53.4 Å². The molecule has 5 amide bonds. The molecule has 1 aromatic heterocycles. The Morgan fingerprint density at radius 3 is 2.23 bits per heavy atom. The van der Waals surface area contributed by atoms with Crippen molar-refractivity contribution in [2.24, 2.45) is 28.6 Å². The number of hydrogen-bond acceptors (Lipinski definition) is 12. The number of piperidine rings is 1. The largest absolute Gasteiger partial charge is 0.489 e. The molecule has 4 saturated heterocycles. The Hall–Kier alpha value is -5.66. The highest BCUT2D eigenvalue weighted by Gasteiger charge is 2.64. The lowest BCUT2D eigenvalue weighted by Gasteiger charge is -2.63. The summed E-state index contributed by atoms with van der Waals surface area (Å²) >= 11 is 6.24. The molecular weight excluding hydrogens is 793 g/mol. The molecule has 6 aliphatic rings. The minimum absolute atomic E-state index is 0.0124. The van der Waals surface area contributed by atoms with Gasteiger partial charge in [-0.05, 0) is 54.7 Å². The number of anilines is 2. The van der Waals surface area contributed by atoms with Crippen LogP contribution in [0.25, 0.3) is 0 Å². The quantitative estimate of drug-likeness (QED) is 0.299. The van der Waals surface area contributed by atoms with Gasteiger partial charge in [0.15, 0.2) is 11.5 Å². The van der Waals surface area contributed by atoms with Crippen LogP contribution in [-0.4, -0.2) is 114 Å². The van der Waals surface area contributed by atoms with E-state index in [1.165, 1.54) is 6.07 Å². The van der Waals surface area contributed by atoms with Crippen molar-refractivity contribution in [3.05, 3.63) is 75.7 Å². The predicted molar refractivity (Wildman–Crippen MR) is 216 cm³/mol. The molecule has 312 valence electrons. The second-order valence-electron chi connectivity index (χ2n) is 18.3. The van der Waals surface area contributed by atoms with E-state index in [0.717, 1.165) is 49.5 Å². The van der Waals surface area contributed by atoms with Crippen LogP contribution in [0.4, 0.5) is 15.9 Å². The molecule has 3 aromatic rings. The van der Waals surface area contributed by atoms with E-state index < -0.39 is 46.3 Å². The molecule has 3 atom stereocenters. The summed E-state index contributed by atoms with van der Waals surface area (Å²) in [6, 6.07) is 11.8. The maximum atomic E-state index is 15.4. The molecule has 9 rings (SSSR count). The SMILES string of the molecule is CC1(C)[C@H](NC(=O)c2ccc(N3CC4CN(CC5CN(c6cc7c(cc6F)C(=O)N(C6CCC(=O)NC6=O)C7=O)C5)CC4C3)nn2)C(C)(C)[C@H]1Oc1ccc(C#N)c(Cl)c1. The van der Waals surface area contributed by atoms with Crippen molar-refractivity contribution in [1.29, 1.82) is 5.26 Å². The Morgan fingerprint density at radius 1 is 0.933 bits per heavy atom. The van der Waals surface area contributed by atoms with Gasteiger partial charge in [-0.15, -0.1) is 10.2 Å². The smallest absolute Gasteiger partial charge is 0.272 e. The van der Waals surface area contributed by atoms with Crippen molar-refractivity contribution in [3.63, 3.8) is 0 Å². The van der Waals surface area contributed by atoms with Crippen LogP contribution in [0, 0.1) is 45.7 Å². The van der Waals surface area contributed by atoms with Crippen LogP contribution < -0.4 is 25.2 Å². The number of nitriles is 1. The van der Waals surface area contributed by atoms with Crippen molar-refractivity contribution in [2.45, 2.75) is 58.7 Å².